The summed E-state index contributed by atoms with van der Waals surface area (Å²) in [6, 6.07) is 4.50. The van der Waals surface area contributed by atoms with Gasteiger partial charge in [-0.2, -0.15) is 0 Å². The minimum Gasteiger partial charge on any atom is -0.354 e. The Morgan fingerprint density at radius 2 is 2.27 bits per heavy atom. The first kappa shape index (κ1) is 19.4. The first-order valence-electron chi connectivity index (χ1n) is 9.19. The molecule has 1 saturated heterocycles. The number of carbonyl (C=O) groups is 1. The molecule has 5 nitrogen and oxygen atoms in total. The van der Waals surface area contributed by atoms with Gasteiger partial charge in [0.15, 0.2) is 0 Å². The number of aromatic nitrogens is 1. The molecular formula is C19H26ClN3O2S. The van der Waals surface area contributed by atoms with Crippen LogP contribution in [0.4, 0.5) is 0 Å². The van der Waals surface area contributed by atoms with Crippen LogP contribution in [-0.4, -0.2) is 35.6 Å². The molecule has 1 atom stereocenters. The van der Waals surface area contributed by atoms with Gasteiger partial charge in [-0.25, -0.2) is 0 Å². The van der Waals surface area contributed by atoms with Gasteiger partial charge < -0.3 is 9.84 Å². The van der Waals surface area contributed by atoms with Gasteiger partial charge in [-0.05, 0) is 68.2 Å². The molecule has 1 N–H and O–H groups in total. The normalized spacial score (nSPS) is 17.3. The third-order valence-electron chi connectivity index (χ3n) is 5.16. The lowest BCUT2D eigenvalue weighted by Crippen LogP contribution is -2.41. The molecule has 1 aliphatic rings. The van der Waals surface area contributed by atoms with Crippen molar-refractivity contribution in [3.8, 4) is 0 Å². The average Bonchev–Trinajstić information content (AvgIpc) is 3.26. The van der Waals surface area contributed by atoms with Crippen LogP contribution in [0.15, 0.2) is 22.0 Å². The molecule has 1 amide bonds. The summed E-state index contributed by atoms with van der Waals surface area (Å²) in [5, 5.41) is 9.33. The summed E-state index contributed by atoms with van der Waals surface area (Å²) in [5.41, 5.74) is 1.57. The maximum atomic E-state index is 12.3. The largest absolute Gasteiger partial charge is 0.354 e. The maximum absolute atomic E-state index is 12.3. The van der Waals surface area contributed by atoms with Crippen LogP contribution < -0.4 is 5.32 Å². The Bertz CT molecular complexity index is 689. The fourth-order valence-electron chi connectivity index (χ4n) is 3.41. The zero-order valence-corrected chi connectivity index (χ0v) is 16.9. The van der Waals surface area contributed by atoms with Crippen LogP contribution in [0, 0.1) is 12.8 Å². The number of halogens is 1. The Kier molecular flexibility index (Phi) is 6.73. The molecule has 1 unspecified atom stereocenters. The van der Waals surface area contributed by atoms with Gasteiger partial charge in [0.2, 0.25) is 11.1 Å². The molecule has 0 aliphatic carbocycles. The monoisotopic (exact) mass is 395 g/mol. The van der Waals surface area contributed by atoms with Crippen molar-refractivity contribution < 1.29 is 9.32 Å². The molecule has 0 bridgehead atoms. The molecule has 0 aromatic carbocycles. The van der Waals surface area contributed by atoms with E-state index in [4.69, 9.17) is 16.1 Å². The van der Waals surface area contributed by atoms with E-state index in [9.17, 15) is 4.79 Å². The van der Waals surface area contributed by atoms with Crippen LogP contribution in [0.3, 0.4) is 0 Å². The molecule has 142 valence electrons. The van der Waals surface area contributed by atoms with Crippen LogP contribution in [0.5, 0.6) is 0 Å². The van der Waals surface area contributed by atoms with E-state index < -0.39 is 0 Å². The van der Waals surface area contributed by atoms with Crippen molar-refractivity contribution in [3.05, 3.63) is 38.9 Å². The summed E-state index contributed by atoms with van der Waals surface area (Å²) < 4.78 is 4.94. The van der Waals surface area contributed by atoms with E-state index in [1.165, 1.54) is 17.7 Å². The van der Waals surface area contributed by atoms with Crippen molar-refractivity contribution in [1.82, 2.24) is 15.4 Å². The summed E-state index contributed by atoms with van der Waals surface area (Å²) >= 11 is 7.73. The van der Waals surface area contributed by atoms with Gasteiger partial charge in [0, 0.05) is 23.4 Å². The van der Waals surface area contributed by atoms with E-state index in [0.29, 0.717) is 19.4 Å². The molecule has 0 spiro atoms. The molecule has 1 aliphatic heterocycles. The number of hydrogen-bond acceptors (Lipinski definition) is 5. The predicted octanol–water partition coefficient (Wildman–Crippen LogP) is 4.22. The highest BCUT2D eigenvalue weighted by molar-refractivity contribution is 7.10. The summed E-state index contributed by atoms with van der Waals surface area (Å²) in [4.78, 5) is 16.2. The number of likely N-dealkylation sites (tertiary alicyclic amines) is 1. The number of thiophene rings is 1. The Morgan fingerprint density at radius 1 is 1.50 bits per heavy atom. The first-order valence-corrected chi connectivity index (χ1v) is 10.4. The quantitative estimate of drug-likeness (QED) is 0.762. The van der Waals surface area contributed by atoms with Gasteiger partial charge in [0.25, 0.3) is 0 Å². The van der Waals surface area contributed by atoms with E-state index >= 15 is 0 Å². The van der Waals surface area contributed by atoms with Gasteiger partial charge >= 0.3 is 0 Å². The van der Waals surface area contributed by atoms with Crippen LogP contribution in [0.25, 0.3) is 0 Å². The summed E-state index contributed by atoms with van der Waals surface area (Å²) in [6.07, 6.45) is 3.38. The van der Waals surface area contributed by atoms with Crippen molar-refractivity contribution in [2.75, 3.05) is 19.6 Å². The van der Waals surface area contributed by atoms with E-state index in [-0.39, 0.29) is 17.2 Å². The van der Waals surface area contributed by atoms with Crippen molar-refractivity contribution in [3.63, 3.8) is 0 Å². The Balaban J connectivity index is 1.55. The zero-order chi connectivity index (χ0) is 18.5. The van der Waals surface area contributed by atoms with Crippen molar-refractivity contribution in [2.24, 2.45) is 5.92 Å². The molecule has 7 heteroatoms. The molecular weight excluding hydrogens is 370 g/mol. The van der Waals surface area contributed by atoms with Crippen molar-refractivity contribution >= 4 is 28.8 Å². The summed E-state index contributed by atoms with van der Waals surface area (Å²) in [7, 11) is 0. The highest BCUT2D eigenvalue weighted by Crippen LogP contribution is 2.29. The lowest BCUT2D eigenvalue weighted by Gasteiger charge is -2.36. The molecule has 0 radical (unpaired) electrons. The Hall–Kier alpha value is -1.37. The second-order valence-electron chi connectivity index (χ2n) is 7.07. The second kappa shape index (κ2) is 9.02. The van der Waals surface area contributed by atoms with Gasteiger partial charge in [-0.1, -0.05) is 18.1 Å². The maximum Gasteiger partial charge on any atom is 0.229 e. The highest BCUT2D eigenvalue weighted by Gasteiger charge is 2.25. The van der Waals surface area contributed by atoms with Gasteiger partial charge in [0.1, 0.15) is 0 Å². The van der Waals surface area contributed by atoms with Crippen LogP contribution >= 0.6 is 22.9 Å². The number of hydrogen-bond donors (Lipinski definition) is 1. The number of nitrogens with zero attached hydrogens (tertiary/aromatic N) is 2. The number of piperidine rings is 1. The number of amides is 1. The van der Waals surface area contributed by atoms with Crippen LogP contribution in [0.2, 0.25) is 5.22 Å². The summed E-state index contributed by atoms with van der Waals surface area (Å²) in [5.74, 6) is 0.829. The first-order chi connectivity index (χ1) is 12.5. The molecule has 2 aromatic rings. The molecule has 0 saturated carbocycles. The predicted molar refractivity (Wildman–Crippen MR) is 105 cm³/mol. The minimum absolute atomic E-state index is 0.0357. The van der Waals surface area contributed by atoms with Gasteiger partial charge in [-0.3, -0.25) is 9.69 Å². The van der Waals surface area contributed by atoms with Gasteiger partial charge in [-0.15, -0.1) is 11.3 Å². The fraction of sp³-hybridized carbons (Fsp3) is 0.579. The topological polar surface area (TPSA) is 58.4 Å². The number of aryl methyl sites for hydroxylation is 1. The van der Waals surface area contributed by atoms with E-state index in [1.54, 1.807) is 11.3 Å². The lowest BCUT2D eigenvalue weighted by molar-refractivity contribution is -0.121. The molecule has 3 heterocycles. The average molecular weight is 396 g/mol. The number of rotatable bonds is 7. The lowest BCUT2D eigenvalue weighted by atomic mass is 9.97. The zero-order valence-electron chi connectivity index (χ0n) is 15.3. The smallest absolute Gasteiger partial charge is 0.229 e. The number of carbonyl (C=O) groups excluding carboxylic acids is 1. The molecule has 1 fully saturated rings. The van der Waals surface area contributed by atoms with Crippen LogP contribution in [-0.2, 0) is 11.2 Å². The summed E-state index contributed by atoms with van der Waals surface area (Å²) in [6.45, 7) is 6.98. The molecule has 2 aromatic heterocycles. The van der Waals surface area contributed by atoms with E-state index in [1.807, 2.05) is 6.92 Å². The van der Waals surface area contributed by atoms with E-state index in [2.05, 4.69) is 39.8 Å². The Morgan fingerprint density at radius 3 is 2.88 bits per heavy atom. The van der Waals surface area contributed by atoms with Crippen LogP contribution in [0.1, 0.15) is 48.4 Å². The van der Waals surface area contributed by atoms with E-state index in [0.717, 1.165) is 30.3 Å². The Labute approximate surface area is 163 Å². The molecule has 3 rings (SSSR count). The standard InChI is InChI=1S/C19H26ClN3O2S/c1-13-7-9-23(10-8-13)16(17-4-3-11-26-17)12-21-18(24)6-5-15-14(2)22-25-19(15)20/h3-4,11,13,16H,5-10,12H2,1-2H3,(H,21,24). The second-order valence-corrected chi connectivity index (χ2v) is 8.40. The third-order valence-corrected chi connectivity index (χ3v) is 6.43. The number of nitrogens with one attached hydrogen (secondary N) is 1. The van der Waals surface area contributed by atoms with Crippen molar-refractivity contribution in [1.29, 1.82) is 0 Å². The fourth-order valence-corrected chi connectivity index (χ4v) is 4.53. The molecule has 26 heavy (non-hydrogen) atoms. The van der Waals surface area contributed by atoms with Gasteiger partial charge in [0.05, 0.1) is 11.7 Å². The third kappa shape index (κ3) is 4.87. The van der Waals surface area contributed by atoms with Crippen molar-refractivity contribution in [2.45, 2.75) is 45.6 Å². The highest BCUT2D eigenvalue weighted by atomic mass is 35.5. The SMILES string of the molecule is Cc1noc(Cl)c1CCC(=O)NCC(c1cccs1)N1CCC(C)CC1. The minimum atomic E-state index is 0.0357.